The molecule has 0 saturated carbocycles. The number of nitro groups is 1. The number of carbonyl (C=O) groups excluding carboxylic acids is 1. The van der Waals surface area contributed by atoms with Crippen molar-refractivity contribution in [3.8, 4) is 0 Å². The van der Waals surface area contributed by atoms with Gasteiger partial charge in [0.1, 0.15) is 0 Å². The lowest BCUT2D eigenvalue weighted by molar-refractivity contribution is -0.385. The van der Waals surface area contributed by atoms with Crippen LogP contribution < -0.4 is 4.90 Å². The topological polar surface area (TPSA) is 63.5 Å². The quantitative estimate of drug-likeness (QED) is 0.240. The Balaban J connectivity index is 1.76. The molecule has 0 atom stereocenters. The number of thioether (sulfide) groups is 1. The Labute approximate surface area is 179 Å². The molecule has 2 aromatic carbocycles. The molecule has 0 bridgehead atoms. The normalized spacial score (nSPS) is 15.6. The van der Waals surface area contributed by atoms with Gasteiger partial charge in [-0.15, -0.1) is 0 Å². The summed E-state index contributed by atoms with van der Waals surface area (Å²) in [5.74, 6) is -0.187. The van der Waals surface area contributed by atoms with E-state index < -0.39 is 4.92 Å². The van der Waals surface area contributed by atoms with Gasteiger partial charge in [-0.3, -0.25) is 19.8 Å². The molecule has 148 valence electrons. The van der Waals surface area contributed by atoms with Crippen molar-refractivity contribution in [1.82, 2.24) is 0 Å². The highest BCUT2D eigenvalue weighted by Gasteiger charge is 2.32. The minimum absolute atomic E-state index is 0.0212. The summed E-state index contributed by atoms with van der Waals surface area (Å²) in [6.07, 6.45) is 8.20. The number of anilines is 1. The lowest BCUT2D eigenvalue weighted by Gasteiger charge is -2.15. The predicted molar refractivity (Wildman–Crippen MR) is 123 cm³/mol. The van der Waals surface area contributed by atoms with Gasteiger partial charge < -0.3 is 0 Å². The molecule has 5 nitrogen and oxygen atoms in total. The number of hydrogen-bond donors (Lipinski definition) is 0. The molecule has 0 aromatic heterocycles. The average molecular weight is 425 g/mol. The minimum Gasteiger partial charge on any atom is -0.268 e. The Hall–Kier alpha value is -2.77. The van der Waals surface area contributed by atoms with E-state index in [4.69, 9.17) is 12.2 Å². The van der Waals surface area contributed by atoms with Crippen LogP contribution in [0.1, 0.15) is 30.9 Å². The van der Waals surface area contributed by atoms with Gasteiger partial charge in [-0.25, -0.2) is 0 Å². The van der Waals surface area contributed by atoms with Crippen molar-refractivity contribution < 1.29 is 9.72 Å². The number of allylic oxidation sites excluding steroid dienone is 2. The molecule has 0 radical (unpaired) electrons. The van der Waals surface area contributed by atoms with Crippen LogP contribution in [0.4, 0.5) is 11.4 Å². The molecule has 1 saturated heterocycles. The van der Waals surface area contributed by atoms with Gasteiger partial charge in [0, 0.05) is 6.07 Å². The number of nitrogens with zero attached hydrogens (tertiary/aromatic N) is 2. The summed E-state index contributed by atoms with van der Waals surface area (Å²) in [6, 6.07) is 14.4. The molecule has 1 amide bonds. The van der Waals surface area contributed by atoms with Crippen LogP contribution in [0.5, 0.6) is 0 Å². The van der Waals surface area contributed by atoms with E-state index in [-0.39, 0.29) is 11.6 Å². The number of rotatable bonds is 7. The minimum atomic E-state index is -0.427. The van der Waals surface area contributed by atoms with E-state index in [0.29, 0.717) is 14.8 Å². The number of unbranched alkanes of at least 4 members (excludes halogenated alkanes) is 1. The third-order valence-corrected chi connectivity index (χ3v) is 5.78. The van der Waals surface area contributed by atoms with E-state index in [1.165, 1.54) is 28.3 Å². The highest BCUT2D eigenvalue weighted by molar-refractivity contribution is 8.27. The van der Waals surface area contributed by atoms with Gasteiger partial charge in [-0.05, 0) is 48.8 Å². The fraction of sp³-hybridized carbons (Fsp3) is 0.182. The van der Waals surface area contributed by atoms with Gasteiger partial charge in [-0.2, -0.15) is 0 Å². The fourth-order valence-electron chi connectivity index (χ4n) is 2.93. The largest absolute Gasteiger partial charge is 0.276 e. The Morgan fingerprint density at radius 1 is 1.17 bits per heavy atom. The summed E-state index contributed by atoms with van der Waals surface area (Å²) in [5, 5.41) is 11.1. The van der Waals surface area contributed by atoms with Crippen LogP contribution in [0, 0.1) is 10.1 Å². The highest BCUT2D eigenvalue weighted by Crippen LogP contribution is 2.35. The lowest BCUT2D eigenvalue weighted by Crippen LogP contribution is -2.27. The van der Waals surface area contributed by atoms with E-state index in [9.17, 15) is 14.9 Å². The second kappa shape index (κ2) is 9.62. The van der Waals surface area contributed by atoms with Gasteiger partial charge in [0.2, 0.25) is 0 Å². The van der Waals surface area contributed by atoms with Gasteiger partial charge in [0.15, 0.2) is 4.32 Å². The zero-order valence-corrected chi connectivity index (χ0v) is 17.5. The molecular formula is C22H20N2O3S2. The summed E-state index contributed by atoms with van der Waals surface area (Å²) < 4.78 is 0.474. The molecule has 1 aliphatic rings. The molecule has 0 unspecified atom stereocenters. The molecule has 1 heterocycles. The number of nitro benzene ring substituents is 1. The Morgan fingerprint density at radius 3 is 2.59 bits per heavy atom. The van der Waals surface area contributed by atoms with E-state index >= 15 is 0 Å². The molecule has 0 aliphatic carbocycles. The molecule has 0 N–H and O–H groups in total. The van der Waals surface area contributed by atoms with Gasteiger partial charge in [-0.1, -0.05) is 67.7 Å². The second-order valence-corrected chi connectivity index (χ2v) is 8.16. The van der Waals surface area contributed by atoms with Crippen LogP contribution >= 0.6 is 24.0 Å². The first-order valence-corrected chi connectivity index (χ1v) is 10.5. The summed E-state index contributed by atoms with van der Waals surface area (Å²) in [4.78, 5) is 25.5. The van der Waals surface area contributed by atoms with E-state index in [1.54, 1.807) is 36.4 Å². The highest BCUT2D eigenvalue weighted by atomic mass is 32.2. The van der Waals surface area contributed by atoms with Crippen LogP contribution in [0.3, 0.4) is 0 Å². The number of hydrogen-bond acceptors (Lipinski definition) is 5. The Kier molecular flexibility index (Phi) is 6.95. The smallest absolute Gasteiger partial charge is 0.268 e. The second-order valence-electron chi connectivity index (χ2n) is 6.48. The third kappa shape index (κ3) is 4.99. The summed E-state index contributed by atoms with van der Waals surface area (Å²) in [7, 11) is 0. The Bertz CT molecular complexity index is 997. The van der Waals surface area contributed by atoms with Gasteiger partial charge in [0.05, 0.1) is 21.1 Å². The zero-order valence-electron chi connectivity index (χ0n) is 15.9. The van der Waals surface area contributed by atoms with E-state index in [0.717, 1.165) is 24.9 Å². The van der Waals surface area contributed by atoms with Crippen molar-refractivity contribution in [1.29, 1.82) is 0 Å². The number of aryl methyl sites for hydroxylation is 1. The van der Waals surface area contributed by atoms with Crippen LogP contribution in [0.15, 0.2) is 65.6 Å². The molecule has 0 spiro atoms. The number of para-hydroxylation sites is 1. The molecule has 3 rings (SSSR count). The maximum absolute atomic E-state index is 12.8. The van der Waals surface area contributed by atoms with Crippen LogP contribution in [0.2, 0.25) is 0 Å². The Morgan fingerprint density at radius 2 is 1.90 bits per heavy atom. The van der Waals surface area contributed by atoms with Crippen LogP contribution in [0.25, 0.3) is 6.08 Å². The van der Waals surface area contributed by atoms with Crippen LogP contribution in [-0.2, 0) is 11.2 Å². The fourth-order valence-corrected chi connectivity index (χ4v) is 4.18. The molecule has 29 heavy (non-hydrogen) atoms. The summed E-state index contributed by atoms with van der Waals surface area (Å²) in [5.41, 5.74) is 2.49. The van der Waals surface area contributed by atoms with Crippen molar-refractivity contribution in [3.63, 3.8) is 0 Å². The molecule has 7 heteroatoms. The number of thiocarbonyl (C=S) groups is 1. The number of amides is 1. The molecule has 2 aromatic rings. The van der Waals surface area contributed by atoms with Crippen molar-refractivity contribution in [2.75, 3.05) is 4.90 Å². The summed E-state index contributed by atoms with van der Waals surface area (Å²) >= 11 is 6.62. The number of benzene rings is 2. The SMILES string of the molecule is CCCCc1ccc(N2C(=O)/C(=C/C=C/c3ccccc3[N+](=O)[O-])SC2=S)cc1. The molecule has 1 aliphatic heterocycles. The lowest BCUT2D eigenvalue weighted by atomic mass is 10.1. The molecule has 1 fully saturated rings. The van der Waals surface area contributed by atoms with Crippen molar-refractivity contribution in [3.05, 3.63) is 86.8 Å². The first kappa shape index (κ1) is 21.0. The summed E-state index contributed by atoms with van der Waals surface area (Å²) in [6.45, 7) is 2.16. The van der Waals surface area contributed by atoms with Crippen LogP contribution in [-0.4, -0.2) is 15.2 Å². The monoisotopic (exact) mass is 424 g/mol. The van der Waals surface area contributed by atoms with Gasteiger partial charge >= 0.3 is 0 Å². The first-order valence-electron chi connectivity index (χ1n) is 9.28. The zero-order chi connectivity index (χ0) is 20.8. The van der Waals surface area contributed by atoms with Crippen molar-refractivity contribution in [2.45, 2.75) is 26.2 Å². The maximum Gasteiger partial charge on any atom is 0.276 e. The maximum atomic E-state index is 12.8. The molecular weight excluding hydrogens is 404 g/mol. The van der Waals surface area contributed by atoms with Gasteiger partial charge in [0.25, 0.3) is 11.6 Å². The van der Waals surface area contributed by atoms with E-state index in [1.807, 2.05) is 24.3 Å². The average Bonchev–Trinajstić information content (AvgIpc) is 3.00. The predicted octanol–water partition coefficient (Wildman–Crippen LogP) is 5.90. The van der Waals surface area contributed by atoms with E-state index in [2.05, 4.69) is 6.92 Å². The van der Waals surface area contributed by atoms with Crippen molar-refractivity contribution >= 4 is 51.7 Å². The number of carbonyl (C=O) groups is 1. The third-order valence-electron chi connectivity index (χ3n) is 4.46. The standard InChI is InChI=1S/C22H20N2O3S2/c1-2-3-7-16-12-14-18(15-13-16)23-21(25)20(29-22(23)28)11-6-9-17-8-4-5-10-19(17)24(26)27/h4-6,8-15H,2-3,7H2,1H3/b9-6+,20-11-. The first-order chi connectivity index (χ1) is 14.0. The van der Waals surface area contributed by atoms with Crippen molar-refractivity contribution in [2.24, 2.45) is 0 Å².